The van der Waals surface area contributed by atoms with Gasteiger partial charge >= 0.3 is 0 Å². The van der Waals surface area contributed by atoms with Crippen molar-refractivity contribution in [1.29, 1.82) is 0 Å². The highest BCUT2D eigenvalue weighted by Gasteiger charge is 2.24. The number of benzene rings is 1. The number of piperazine rings is 1. The molecule has 1 N–H and O–H groups in total. The Morgan fingerprint density at radius 1 is 1.03 bits per heavy atom. The van der Waals surface area contributed by atoms with E-state index < -0.39 is 0 Å². The molecule has 2 aromatic rings. The average molecular weight is 410 g/mol. The minimum Gasteiger partial charge on any atom is -0.353 e. The number of carbonyl (C=O) groups excluding carboxylic acids is 2. The quantitative estimate of drug-likeness (QED) is 0.725. The van der Waals surface area contributed by atoms with Crippen LogP contribution in [0.5, 0.6) is 0 Å². The van der Waals surface area contributed by atoms with Crippen molar-refractivity contribution in [1.82, 2.24) is 14.8 Å². The lowest BCUT2D eigenvalue weighted by Gasteiger charge is -2.36. The number of pyridine rings is 1. The van der Waals surface area contributed by atoms with Crippen molar-refractivity contribution in [2.24, 2.45) is 0 Å². The largest absolute Gasteiger partial charge is 0.353 e. The summed E-state index contributed by atoms with van der Waals surface area (Å²) in [5, 5.41) is 2.96. The zero-order valence-electron chi connectivity index (χ0n) is 17.9. The first-order chi connectivity index (χ1) is 14.6. The van der Waals surface area contributed by atoms with Crippen LogP contribution in [0, 0.1) is 6.92 Å². The van der Waals surface area contributed by atoms with Gasteiger partial charge in [0.1, 0.15) is 5.82 Å². The van der Waals surface area contributed by atoms with Gasteiger partial charge in [0, 0.05) is 38.1 Å². The van der Waals surface area contributed by atoms with Crippen molar-refractivity contribution in [2.75, 3.05) is 56.0 Å². The summed E-state index contributed by atoms with van der Waals surface area (Å²) in [6, 6.07) is 13.6. The van der Waals surface area contributed by atoms with Gasteiger partial charge in [0.2, 0.25) is 11.8 Å². The third-order valence-electron chi connectivity index (χ3n) is 5.29. The zero-order chi connectivity index (χ0) is 21.3. The van der Waals surface area contributed by atoms with Crippen LogP contribution < -0.4 is 10.2 Å². The van der Waals surface area contributed by atoms with Crippen LogP contribution in [0.3, 0.4) is 0 Å². The normalized spacial score (nSPS) is 14.1. The Balaban J connectivity index is 1.50. The summed E-state index contributed by atoms with van der Waals surface area (Å²) in [4.78, 5) is 35.8. The van der Waals surface area contributed by atoms with Crippen LogP contribution in [0.25, 0.3) is 0 Å². The molecule has 0 aliphatic carbocycles. The van der Waals surface area contributed by atoms with Gasteiger partial charge < -0.3 is 15.1 Å². The second kappa shape index (κ2) is 10.7. The molecule has 0 spiro atoms. The maximum Gasteiger partial charge on any atom is 0.238 e. The number of aryl methyl sites for hydroxylation is 1. The monoisotopic (exact) mass is 409 g/mol. The van der Waals surface area contributed by atoms with Gasteiger partial charge in [-0.2, -0.15) is 0 Å². The van der Waals surface area contributed by atoms with Crippen molar-refractivity contribution in [3.8, 4) is 0 Å². The van der Waals surface area contributed by atoms with Crippen LogP contribution in [0.15, 0.2) is 48.7 Å². The first-order valence-electron chi connectivity index (χ1n) is 10.6. The fourth-order valence-electron chi connectivity index (χ4n) is 3.65. The Morgan fingerprint density at radius 2 is 1.77 bits per heavy atom. The van der Waals surface area contributed by atoms with E-state index in [1.807, 2.05) is 59.2 Å². The highest BCUT2D eigenvalue weighted by molar-refractivity contribution is 5.93. The summed E-state index contributed by atoms with van der Waals surface area (Å²) in [6.07, 6.45) is 2.68. The van der Waals surface area contributed by atoms with E-state index in [4.69, 9.17) is 0 Å². The van der Waals surface area contributed by atoms with Gasteiger partial charge in [-0.15, -0.1) is 0 Å². The Morgan fingerprint density at radius 3 is 2.43 bits per heavy atom. The lowest BCUT2D eigenvalue weighted by molar-refractivity contribution is -0.133. The van der Waals surface area contributed by atoms with Crippen molar-refractivity contribution in [3.05, 3.63) is 54.2 Å². The topological polar surface area (TPSA) is 68.8 Å². The number of para-hydroxylation sites is 1. The number of aromatic nitrogens is 1. The molecular weight excluding hydrogens is 378 g/mol. The molecule has 7 heteroatoms. The molecule has 0 unspecified atom stereocenters. The molecule has 3 rings (SSSR count). The summed E-state index contributed by atoms with van der Waals surface area (Å²) in [5.74, 6) is 0.934. The SMILES string of the molecule is CCCN(CC(=O)Nc1ccccc1C)CC(=O)N1CCN(c2ccccn2)CC1. The van der Waals surface area contributed by atoms with Gasteiger partial charge in [-0.3, -0.25) is 14.5 Å². The van der Waals surface area contributed by atoms with Crippen LogP contribution >= 0.6 is 0 Å². The van der Waals surface area contributed by atoms with E-state index in [0.717, 1.165) is 36.6 Å². The van der Waals surface area contributed by atoms with Crippen molar-refractivity contribution >= 4 is 23.3 Å². The molecule has 2 heterocycles. The number of carbonyl (C=O) groups is 2. The Hall–Kier alpha value is -2.93. The number of hydrogen-bond acceptors (Lipinski definition) is 5. The standard InChI is InChI=1S/C23H31N5O2/c1-3-12-26(17-22(29)25-20-9-5-4-8-19(20)2)18-23(30)28-15-13-27(14-16-28)21-10-6-7-11-24-21/h4-11H,3,12-18H2,1-2H3,(H,25,29). The maximum absolute atomic E-state index is 12.8. The van der Waals surface area contributed by atoms with Crippen LogP contribution in [0.1, 0.15) is 18.9 Å². The minimum atomic E-state index is -0.0921. The van der Waals surface area contributed by atoms with Crippen LogP contribution in [-0.4, -0.2) is 72.4 Å². The fraction of sp³-hybridized carbons (Fsp3) is 0.435. The summed E-state index contributed by atoms with van der Waals surface area (Å²) < 4.78 is 0. The highest BCUT2D eigenvalue weighted by atomic mass is 16.2. The van der Waals surface area contributed by atoms with Gasteiger partial charge in [0.05, 0.1) is 13.1 Å². The third-order valence-corrected chi connectivity index (χ3v) is 5.29. The van der Waals surface area contributed by atoms with Gasteiger partial charge in [-0.25, -0.2) is 4.98 Å². The van der Waals surface area contributed by atoms with E-state index in [9.17, 15) is 9.59 Å². The second-order valence-electron chi connectivity index (χ2n) is 7.63. The molecule has 1 aliphatic rings. The molecule has 1 aliphatic heterocycles. The van der Waals surface area contributed by atoms with Crippen molar-refractivity contribution in [3.63, 3.8) is 0 Å². The molecule has 0 saturated carbocycles. The maximum atomic E-state index is 12.8. The van der Waals surface area contributed by atoms with E-state index in [1.165, 1.54) is 0 Å². The molecule has 1 aromatic heterocycles. The van der Waals surface area contributed by atoms with Gasteiger partial charge in [0.25, 0.3) is 0 Å². The minimum absolute atomic E-state index is 0.0767. The average Bonchev–Trinajstić information content (AvgIpc) is 2.76. The zero-order valence-corrected chi connectivity index (χ0v) is 17.9. The first-order valence-corrected chi connectivity index (χ1v) is 10.6. The molecular formula is C23H31N5O2. The predicted octanol–water partition coefficient (Wildman–Crippen LogP) is 2.39. The van der Waals surface area contributed by atoms with E-state index >= 15 is 0 Å². The summed E-state index contributed by atoms with van der Waals surface area (Å²) in [7, 11) is 0. The Labute approximate surface area is 178 Å². The van der Waals surface area contributed by atoms with Crippen LogP contribution in [-0.2, 0) is 9.59 Å². The molecule has 0 radical (unpaired) electrons. The number of nitrogens with zero attached hydrogens (tertiary/aromatic N) is 4. The molecule has 1 fully saturated rings. The molecule has 160 valence electrons. The first kappa shape index (κ1) is 21.8. The molecule has 0 atom stereocenters. The fourth-order valence-corrected chi connectivity index (χ4v) is 3.65. The Bertz CT molecular complexity index is 834. The van der Waals surface area contributed by atoms with E-state index in [1.54, 1.807) is 6.20 Å². The molecule has 1 saturated heterocycles. The number of anilines is 2. The van der Waals surface area contributed by atoms with E-state index in [0.29, 0.717) is 19.6 Å². The lowest BCUT2D eigenvalue weighted by Crippen LogP contribution is -2.52. The highest BCUT2D eigenvalue weighted by Crippen LogP contribution is 2.14. The van der Waals surface area contributed by atoms with Gasteiger partial charge in [-0.1, -0.05) is 31.2 Å². The molecule has 7 nitrogen and oxygen atoms in total. The van der Waals surface area contributed by atoms with Crippen molar-refractivity contribution < 1.29 is 9.59 Å². The molecule has 1 aromatic carbocycles. The third kappa shape index (κ3) is 6.03. The smallest absolute Gasteiger partial charge is 0.238 e. The predicted molar refractivity (Wildman–Crippen MR) is 120 cm³/mol. The number of nitrogens with one attached hydrogen (secondary N) is 1. The van der Waals surface area contributed by atoms with E-state index in [-0.39, 0.29) is 24.9 Å². The number of amides is 2. The number of rotatable bonds is 8. The molecule has 0 bridgehead atoms. The van der Waals surface area contributed by atoms with Gasteiger partial charge in [0.15, 0.2) is 0 Å². The summed E-state index contributed by atoms with van der Waals surface area (Å²) >= 11 is 0. The summed E-state index contributed by atoms with van der Waals surface area (Å²) in [5.41, 5.74) is 1.84. The molecule has 2 amide bonds. The van der Waals surface area contributed by atoms with E-state index in [2.05, 4.69) is 22.1 Å². The lowest BCUT2D eigenvalue weighted by atomic mass is 10.2. The molecule has 30 heavy (non-hydrogen) atoms. The van der Waals surface area contributed by atoms with Crippen LogP contribution in [0.2, 0.25) is 0 Å². The number of hydrogen-bond donors (Lipinski definition) is 1. The van der Waals surface area contributed by atoms with Gasteiger partial charge in [-0.05, 0) is 43.7 Å². The van der Waals surface area contributed by atoms with Crippen LogP contribution in [0.4, 0.5) is 11.5 Å². The summed E-state index contributed by atoms with van der Waals surface area (Å²) in [6.45, 7) is 8.08. The Kier molecular flexibility index (Phi) is 7.79. The van der Waals surface area contributed by atoms with Crippen molar-refractivity contribution in [2.45, 2.75) is 20.3 Å². The second-order valence-corrected chi connectivity index (χ2v) is 7.63.